The number of nitrogens with two attached hydrogens (primary N) is 1. The Morgan fingerprint density at radius 2 is 2.00 bits per heavy atom. The highest BCUT2D eigenvalue weighted by molar-refractivity contribution is 14.0. The first-order valence-corrected chi connectivity index (χ1v) is 9.12. The molecule has 0 unspecified atom stereocenters. The summed E-state index contributed by atoms with van der Waals surface area (Å²) >= 11 is 1.68. The molecular weight excluding hydrogens is 449 g/mol. The molecule has 7 nitrogen and oxygen atoms in total. The molecule has 0 spiro atoms. The van der Waals surface area contributed by atoms with Crippen molar-refractivity contribution in [3.05, 3.63) is 28.5 Å². The second-order valence-corrected chi connectivity index (χ2v) is 6.92. The van der Waals surface area contributed by atoms with Crippen LogP contribution in [0.15, 0.2) is 16.6 Å². The largest absolute Gasteiger partial charge is 0.370 e. The molecule has 2 N–H and O–H groups in total. The zero-order valence-corrected chi connectivity index (χ0v) is 18.1. The first kappa shape index (κ1) is 20.0. The van der Waals surface area contributed by atoms with E-state index in [1.165, 1.54) is 11.3 Å². The minimum atomic E-state index is 0. The lowest BCUT2D eigenvalue weighted by atomic mass is 10.1. The van der Waals surface area contributed by atoms with Crippen molar-refractivity contribution in [2.75, 3.05) is 37.6 Å². The Bertz CT molecular complexity index is 702. The molecule has 9 heteroatoms. The van der Waals surface area contributed by atoms with Gasteiger partial charge < -0.3 is 15.5 Å². The van der Waals surface area contributed by atoms with Crippen molar-refractivity contribution in [2.24, 2.45) is 17.8 Å². The van der Waals surface area contributed by atoms with Gasteiger partial charge in [-0.15, -0.1) is 35.3 Å². The van der Waals surface area contributed by atoms with Gasteiger partial charge in [-0.1, -0.05) is 0 Å². The van der Waals surface area contributed by atoms with E-state index in [0.29, 0.717) is 12.5 Å². The Morgan fingerprint density at radius 3 is 2.56 bits per heavy atom. The standard InChI is InChI=1S/C16H25N7S.HI/c1-12-14(13(2)21(3)20-12)4-5-18-15(17)22-7-9-23(10-8-22)16-19-6-11-24-16;/h6,11H,4-5,7-10H2,1-3H3,(H2,17,18);1H. The third-order valence-corrected chi connectivity index (χ3v) is 5.42. The summed E-state index contributed by atoms with van der Waals surface area (Å²) in [5, 5.41) is 7.55. The number of rotatable bonds is 4. The lowest BCUT2D eigenvalue weighted by Gasteiger charge is -2.35. The van der Waals surface area contributed by atoms with Crippen LogP contribution < -0.4 is 10.6 Å². The molecule has 0 atom stereocenters. The maximum absolute atomic E-state index is 6.18. The predicted molar refractivity (Wildman–Crippen MR) is 114 cm³/mol. The Hall–Kier alpha value is -1.36. The summed E-state index contributed by atoms with van der Waals surface area (Å²) in [5.41, 5.74) is 9.75. The monoisotopic (exact) mass is 475 g/mol. The van der Waals surface area contributed by atoms with Crippen LogP contribution in [0.1, 0.15) is 17.0 Å². The van der Waals surface area contributed by atoms with Gasteiger partial charge in [0.2, 0.25) is 0 Å². The molecule has 0 aliphatic carbocycles. The Kier molecular flexibility index (Phi) is 7.05. The number of aliphatic imine (C=N–C) groups is 1. The van der Waals surface area contributed by atoms with E-state index in [0.717, 1.165) is 43.4 Å². The third-order valence-electron chi connectivity index (χ3n) is 4.59. The molecule has 0 amide bonds. The SMILES string of the molecule is Cc1nn(C)c(C)c1CCN=C(N)N1CCN(c2nccs2)CC1.I. The molecule has 2 aromatic heterocycles. The molecular formula is C16H26IN7S. The summed E-state index contributed by atoms with van der Waals surface area (Å²) in [5.74, 6) is 0.646. The average Bonchev–Trinajstić information content (AvgIpc) is 3.19. The topological polar surface area (TPSA) is 75.6 Å². The number of aryl methyl sites for hydroxylation is 2. The second-order valence-electron chi connectivity index (χ2n) is 6.05. The van der Waals surface area contributed by atoms with Crippen LogP contribution in [0.4, 0.5) is 5.13 Å². The summed E-state index contributed by atoms with van der Waals surface area (Å²) in [6.45, 7) is 8.49. The number of thiazole rings is 1. The molecule has 1 aliphatic rings. The normalized spacial score (nSPS) is 15.4. The molecule has 0 aromatic carbocycles. The van der Waals surface area contributed by atoms with Crippen molar-refractivity contribution in [3.8, 4) is 0 Å². The molecule has 3 heterocycles. The van der Waals surface area contributed by atoms with Gasteiger partial charge >= 0.3 is 0 Å². The zero-order valence-electron chi connectivity index (χ0n) is 15.0. The first-order valence-electron chi connectivity index (χ1n) is 8.24. The summed E-state index contributed by atoms with van der Waals surface area (Å²) in [6, 6.07) is 0. The van der Waals surface area contributed by atoms with Gasteiger partial charge in [0.1, 0.15) is 0 Å². The molecule has 138 valence electrons. The van der Waals surface area contributed by atoms with E-state index < -0.39 is 0 Å². The Balaban J connectivity index is 0.00000225. The molecule has 0 radical (unpaired) electrons. The summed E-state index contributed by atoms with van der Waals surface area (Å²) in [6.07, 6.45) is 2.73. The fraction of sp³-hybridized carbons (Fsp3) is 0.562. The molecule has 3 rings (SSSR count). The fourth-order valence-electron chi connectivity index (χ4n) is 3.06. The lowest BCUT2D eigenvalue weighted by molar-refractivity contribution is 0.380. The number of guanidine groups is 1. The van der Waals surface area contributed by atoms with E-state index in [-0.39, 0.29) is 24.0 Å². The quantitative estimate of drug-likeness (QED) is 0.415. The molecule has 1 aliphatic heterocycles. The van der Waals surface area contributed by atoms with Gasteiger partial charge in [0.05, 0.1) is 5.69 Å². The lowest BCUT2D eigenvalue weighted by Crippen LogP contribution is -2.51. The second kappa shape index (κ2) is 8.84. The summed E-state index contributed by atoms with van der Waals surface area (Å²) in [4.78, 5) is 13.4. The van der Waals surface area contributed by atoms with Gasteiger partial charge in [-0.25, -0.2) is 4.98 Å². The van der Waals surface area contributed by atoms with E-state index in [9.17, 15) is 0 Å². The van der Waals surface area contributed by atoms with E-state index in [2.05, 4.69) is 31.8 Å². The van der Waals surface area contributed by atoms with E-state index in [1.807, 2.05) is 30.2 Å². The van der Waals surface area contributed by atoms with Crippen LogP contribution in [-0.4, -0.2) is 58.3 Å². The number of anilines is 1. The van der Waals surface area contributed by atoms with Crippen LogP contribution in [0.3, 0.4) is 0 Å². The van der Waals surface area contributed by atoms with Crippen LogP contribution in [0.5, 0.6) is 0 Å². The minimum absolute atomic E-state index is 0. The number of nitrogens with zero attached hydrogens (tertiary/aromatic N) is 6. The van der Waals surface area contributed by atoms with Crippen molar-refractivity contribution in [1.29, 1.82) is 0 Å². The van der Waals surface area contributed by atoms with Gasteiger partial charge in [-0.2, -0.15) is 5.10 Å². The summed E-state index contributed by atoms with van der Waals surface area (Å²) < 4.78 is 1.93. The van der Waals surface area contributed by atoms with Crippen LogP contribution in [0, 0.1) is 13.8 Å². The Morgan fingerprint density at radius 1 is 1.28 bits per heavy atom. The maximum Gasteiger partial charge on any atom is 0.191 e. The molecule has 0 saturated carbocycles. The smallest absolute Gasteiger partial charge is 0.191 e. The molecule has 1 saturated heterocycles. The molecule has 0 bridgehead atoms. The van der Waals surface area contributed by atoms with Gasteiger partial charge in [-0.05, 0) is 25.8 Å². The Labute approximate surface area is 169 Å². The third kappa shape index (κ3) is 4.63. The van der Waals surface area contributed by atoms with Gasteiger partial charge in [0.25, 0.3) is 0 Å². The van der Waals surface area contributed by atoms with Crippen LogP contribution >= 0.6 is 35.3 Å². The first-order chi connectivity index (χ1) is 11.6. The highest BCUT2D eigenvalue weighted by Gasteiger charge is 2.19. The minimum Gasteiger partial charge on any atom is -0.370 e. The van der Waals surface area contributed by atoms with Crippen molar-refractivity contribution < 1.29 is 0 Å². The molecule has 25 heavy (non-hydrogen) atoms. The van der Waals surface area contributed by atoms with Gasteiger partial charge in [0, 0.05) is 57.0 Å². The highest BCUT2D eigenvalue weighted by atomic mass is 127. The van der Waals surface area contributed by atoms with Gasteiger partial charge in [-0.3, -0.25) is 9.67 Å². The van der Waals surface area contributed by atoms with Gasteiger partial charge in [0.15, 0.2) is 11.1 Å². The van der Waals surface area contributed by atoms with Crippen LogP contribution in [-0.2, 0) is 13.5 Å². The van der Waals surface area contributed by atoms with Crippen molar-refractivity contribution in [3.63, 3.8) is 0 Å². The zero-order chi connectivity index (χ0) is 17.1. The van der Waals surface area contributed by atoms with Crippen LogP contribution in [0.25, 0.3) is 0 Å². The average molecular weight is 475 g/mol. The maximum atomic E-state index is 6.18. The number of halogens is 1. The molecule has 2 aromatic rings. The molecule has 1 fully saturated rings. The van der Waals surface area contributed by atoms with E-state index in [4.69, 9.17) is 5.73 Å². The van der Waals surface area contributed by atoms with E-state index in [1.54, 1.807) is 11.3 Å². The van der Waals surface area contributed by atoms with Crippen molar-refractivity contribution in [2.45, 2.75) is 20.3 Å². The predicted octanol–water partition coefficient (Wildman–Crippen LogP) is 1.79. The van der Waals surface area contributed by atoms with Crippen molar-refractivity contribution in [1.82, 2.24) is 19.7 Å². The number of aromatic nitrogens is 3. The summed E-state index contributed by atoms with van der Waals surface area (Å²) in [7, 11) is 1.98. The van der Waals surface area contributed by atoms with Crippen LogP contribution in [0.2, 0.25) is 0 Å². The number of hydrogen-bond donors (Lipinski definition) is 1. The number of piperazine rings is 1. The van der Waals surface area contributed by atoms with Crippen molar-refractivity contribution >= 4 is 46.4 Å². The highest BCUT2D eigenvalue weighted by Crippen LogP contribution is 2.18. The number of hydrogen-bond acceptors (Lipinski definition) is 5. The van der Waals surface area contributed by atoms with E-state index >= 15 is 0 Å². The fourth-order valence-corrected chi connectivity index (χ4v) is 3.76.